The molecule has 2 fully saturated rings. The van der Waals surface area contributed by atoms with Crippen molar-refractivity contribution in [2.75, 3.05) is 49.2 Å². The maximum Gasteiger partial charge on any atom is 0.301 e. The average Bonchev–Trinajstić information content (AvgIpc) is 3.04. The van der Waals surface area contributed by atoms with Crippen LogP contribution in [0.15, 0.2) is 71.7 Å². The molecule has 0 aliphatic carbocycles. The Labute approximate surface area is 253 Å². The molecule has 2 aromatic heterocycles. The monoisotopic (exact) mass is 600 g/mol. The molecule has 4 aromatic rings. The topological polar surface area (TPSA) is 118 Å². The van der Waals surface area contributed by atoms with Crippen LogP contribution in [0.25, 0.3) is 5.65 Å². The molecule has 0 saturated carbocycles. The second-order valence-corrected chi connectivity index (χ2v) is 10.8. The van der Waals surface area contributed by atoms with Crippen molar-refractivity contribution in [3.63, 3.8) is 0 Å². The molecule has 2 N–H and O–H groups in total. The highest BCUT2D eigenvalue weighted by Crippen LogP contribution is 2.30. The van der Waals surface area contributed by atoms with Crippen LogP contribution in [0.2, 0.25) is 0 Å². The first kappa shape index (κ1) is 29.3. The Hall–Kier alpha value is -4.81. The largest absolute Gasteiger partial charge is 0.481 e. The van der Waals surface area contributed by atoms with Crippen LogP contribution >= 0.6 is 0 Å². The number of anilines is 2. The van der Waals surface area contributed by atoms with Crippen molar-refractivity contribution >= 4 is 28.8 Å². The van der Waals surface area contributed by atoms with Crippen molar-refractivity contribution in [2.45, 2.75) is 26.1 Å². The van der Waals surface area contributed by atoms with Gasteiger partial charge in [0.15, 0.2) is 11.3 Å². The lowest BCUT2D eigenvalue weighted by Gasteiger charge is -2.36. The Balaban J connectivity index is 1.48. The van der Waals surface area contributed by atoms with Gasteiger partial charge in [0.2, 0.25) is 11.7 Å². The third-order valence-corrected chi connectivity index (χ3v) is 7.74. The molecule has 11 nitrogen and oxygen atoms in total. The summed E-state index contributed by atoms with van der Waals surface area (Å²) in [6, 6.07) is 16.9. The Kier molecular flexibility index (Phi) is 8.53. The SMILES string of the molecule is CC1COCCN1c1cc(N2CCNCC2=O)c2nc(C(=O)NCc3ccc(F)cc3)c(OCc3ccccc3)c(=O)n2c1. The zero-order valence-electron chi connectivity index (χ0n) is 24.3. The average molecular weight is 601 g/mol. The number of pyridine rings is 1. The minimum Gasteiger partial charge on any atom is -0.481 e. The van der Waals surface area contributed by atoms with E-state index in [1.165, 1.54) is 16.5 Å². The predicted octanol–water partition coefficient (Wildman–Crippen LogP) is 2.50. The minimum atomic E-state index is -0.638. The molecule has 0 bridgehead atoms. The summed E-state index contributed by atoms with van der Waals surface area (Å²) in [6.45, 7) is 4.85. The Morgan fingerprint density at radius 1 is 1.11 bits per heavy atom. The van der Waals surface area contributed by atoms with Gasteiger partial charge >= 0.3 is 5.56 Å². The number of aromatic nitrogens is 2. The van der Waals surface area contributed by atoms with Crippen molar-refractivity contribution in [2.24, 2.45) is 0 Å². The number of morpholine rings is 1. The lowest BCUT2D eigenvalue weighted by Crippen LogP contribution is -2.49. The molecule has 2 aliphatic heterocycles. The first-order valence-electron chi connectivity index (χ1n) is 14.5. The molecule has 0 radical (unpaired) electrons. The van der Waals surface area contributed by atoms with Crippen LogP contribution in [0.4, 0.5) is 15.8 Å². The maximum absolute atomic E-state index is 14.2. The van der Waals surface area contributed by atoms with E-state index in [1.54, 1.807) is 23.2 Å². The summed E-state index contributed by atoms with van der Waals surface area (Å²) < 4.78 is 26.4. The van der Waals surface area contributed by atoms with E-state index in [0.717, 1.165) is 11.3 Å². The molecule has 44 heavy (non-hydrogen) atoms. The zero-order chi connectivity index (χ0) is 30.6. The van der Waals surface area contributed by atoms with Crippen LogP contribution in [0.5, 0.6) is 5.75 Å². The number of ether oxygens (including phenoxy) is 2. The van der Waals surface area contributed by atoms with Crippen LogP contribution in [-0.4, -0.2) is 66.6 Å². The van der Waals surface area contributed by atoms with E-state index in [9.17, 15) is 18.8 Å². The summed E-state index contributed by atoms with van der Waals surface area (Å²) in [4.78, 5) is 49.4. The van der Waals surface area contributed by atoms with Crippen molar-refractivity contribution in [3.8, 4) is 5.75 Å². The van der Waals surface area contributed by atoms with Gasteiger partial charge < -0.3 is 29.9 Å². The molecule has 12 heteroatoms. The van der Waals surface area contributed by atoms with Gasteiger partial charge in [0.05, 0.1) is 31.1 Å². The van der Waals surface area contributed by atoms with Crippen LogP contribution < -0.4 is 30.7 Å². The van der Waals surface area contributed by atoms with Gasteiger partial charge in [-0.2, -0.15) is 0 Å². The number of nitrogens with zero attached hydrogens (tertiary/aromatic N) is 4. The quantitative estimate of drug-likeness (QED) is 0.317. The van der Waals surface area contributed by atoms with E-state index in [1.807, 2.05) is 43.3 Å². The van der Waals surface area contributed by atoms with Crippen molar-refractivity contribution in [1.82, 2.24) is 20.0 Å². The van der Waals surface area contributed by atoms with E-state index in [4.69, 9.17) is 14.5 Å². The summed E-state index contributed by atoms with van der Waals surface area (Å²) in [7, 11) is 0. The molecule has 1 atom stereocenters. The number of rotatable bonds is 8. The molecule has 2 aliphatic rings. The summed E-state index contributed by atoms with van der Waals surface area (Å²) in [5, 5.41) is 5.85. The first-order valence-corrected chi connectivity index (χ1v) is 14.5. The van der Waals surface area contributed by atoms with Gasteiger partial charge in [-0.3, -0.25) is 18.8 Å². The third kappa shape index (κ3) is 6.12. The fourth-order valence-electron chi connectivity index (χ4n) is 5.40. The smallest absolute Gasteiger partial charge is 0.301 e. The van der Waals surface area contributed by atoms with Gasteiger partial charge in [-0.1, -0.05) is 42.5 Å². The lowest BCUT2D eigenvalue weighted by molar-refractivity contribution is -0.118. The summed E-state index contributed by atoms with van der Waals surface area (Å²) in [5.74, 6) is -1.42. The number of nitrogens with one attached hydrogen (secondary N) is 2. The van der Waals surface area contributed by atoms with E-state index < -0.39 is 11.5 Å². The highest BCUT2D eigenvalue weighted by atomic mass is 19.1. The molecular weight excluding hydrogens is 567 g/mol. The Bertz CT molecular complexity index is 1730. The van der Waals surface area contributed by atoms with Crippen LogP contribution in [-0.2, 0) is 22.7 Å². The second-order valence-electron chi connectivity index (χ2n) is 10.8. The van der Waals surface area contributed by atoms with Gasteiger partial charge in [0.25, 0.3) is 5.91 Å². The molecule has 4 heterocycles. The van der Waals surface area contributed by atoms with E-state index in [0.29, 0.717) is 44.1 Å². The summed E-state index contributed by atoms with van der Waals surface area (Å²) in [6.07, 6.45) is 1.68. The number of hydrogen-bond donors (Lipinski definition) is 2. The highest BCUT2D eigenvalue weighted by Gasteiger charge is 2.29. The number of carbonyl (C=O) groups excluding carboxylic acids is 2. The first-order chi connectivity index (χ1) is 21.4. The fraction of sp³-hybridized carbons (Fsp3) is 0.312. The minimum absolute atomic E-state index is 0.0294. The van der Waals surface area contributed by atoms with Gasteiger partial charge in [0.1, 0.15) is 12.4 Å². The van der Waals surface area contributed by atoms with E-state index >= 15 is 0 Å². The molecule has 6 rings (SSSR count). The van der Waals surface area contributed by atoms with Gasteiger partial charge in [0, 0.05) is 38.4 Å². The molecule has 228 valence electrons. The van der Waals surface area contributed by atoms with Crippen LogP contribution in [0.3, 0.4) is 0 Å². The zero-order valence-corrected chi connectivity index (χ0v) is 24.3. The Morgan fingerprint density at radius 3 is 2.66 bits per heavy atom. The Morgan fingerprint density at radius 2 is 1.91 bits per heavy atom. The number of hydrogen-bond acceptors (Lipinski definition) is 8. The number of carbonyl (C=O) groups is 2. The molecule has 1 unspecified atom stereocenters. The third-order valence-electron chi connectivity index (χ3n) is 7.74. The summed E-state index contributed by atoms with van der Waals surface area (Å²) in [5.41, 5.74) is 1.99. The number of amides is 2. The van der Waals surface area contributed by atoms with Crippen molar-refractivity contribution in [3.05, 3.63) is 99.9 Å². The van der Waals surface area contributed by atoms with Crippen molar-refractivity contribution in [1.29, 1.82) is 0 Å². The molecule has 0 spiro atoms. The van der Waals surface area contributed by atoms with E-state index in [-0.39, 0.29) is 54.6 Å². The second kappa shape index (κ2) is 12.8. The normalized spacial score (nSPS) is 17.1. The summed E-state index contributed by atoms with van der Waals surface area (Å²) >= 11 is 0. The van der Waals surface area contributed by atoms with Gasteiger partial charge in [-0.15, -0.1) is 0 Å². The lowest BCUT2D eigenvalue weighted by atomic mass is 10.2. The molecular formula is C32H33FN6O5. The molecule has 2 amide bonds. The number of fused-ring (bicyclic) bond motifs is 1. The number of halogens is 1. The van der Waals surface area contributed by atoms with Crippen LogP contribution in [0.1, 0.15) is 28.5 Å². The predicted molar refractivity (Wildman–Crippen MR) is 163 cm³/mol. The maximum atomic E-state index is 14.2. The van der Waals surface area contributed by atoms with E-state index in [2.05, 4.69) is 15.5 Å². The standard InChI is InChI=1S/C32H33FN6O5/c1-21-19-43-14-13-37(21)25-15-26(38-12-11-34-17-27(38)40)30-36-28(31(41)35-16-22-7-9-24(33)10-8-22)29(32(42)39(30)18-25)44-20-23-5-3-2-4-6-23/h2-10,15,18,21,34H,11-14,16-17,19-20H2,1H3,(H,35,41). The number of benzene rings is 2. The number of piperazine rings is 1. The van der Waals surface area contributed by atoms with Gasteiger partial charge in [-0.05, 0) is 36.2 Å². The molecule has 2 saturated heterocycles. The van der Waals surface area contributed by atoms with Gasteiger partial charge in [-0.25, -0.2) is 9.37 Å². The van der Waals surface area contributed by atoms with Crippen molar-refractivity contribution < 1.29 is 23.5 Å². The molecule has 2 aromatic carbocycles. The fourth-order valence-corrected chi connectivity index (χ4v) is 5.40. The van der Waals surface area contributed by atoms with Crippen LogP contribution in [0, 0.1) is 5.82 Å². The highest BCUT2D eigenvalue weighted by molar-refractivity contribution is 6.00.